The minimum Gasteiger partial charge on any atom is -0.481 e. The molecule has 3 aliphatic rings. The fourth-order valence-corrected chi connectivity index (χ4v) is 5.29. The zero-order valence-electron chi connectivity index (χ0n) is 16.6. The number of carbonyl (C=O) groups excluding carboxylic acids is 1. The monoisotopic (exact) mass is 478 g/mol. The molecule has 1 aromatic carbocycles. The van der Waals surface area contributed by atoms with Crippen molar-refractivity contribution in [3.8, 4) is 17.1 Å². The maximum Gasteiger partial charge on any atom is 0.313 e. The number of hydrogen-bond acceptors (Lipinski definition) is 5. The first-order chi connectivity index (χ1) is 14.0. The Morgan fingerprint density at radius 1 is 1.28 bits per heavy atom. The first-order valence-corrected chi connectivity index (χ1v) is 11.0. The third-order valence-corrected chi connectivity index (χ3v) is 7.58. The molecule has 1 aromatic heterocycles. The molecule has 5 rings (SSSR count). The maximum absolute atomic E-state index is 12.4. The molecule has 0 radical (unpaired) electrons. The van der Waals surface area contributed by atoms with E-state index < -0.39 is 0 Å². The summed E-state index contributed by atoms with van der Waals surface area (Å²) in [5, 5.41) is 0.628. The molecule has 3 heterocycles. The first-order valence-electron chi connectivity index (χ1n) is 9.78. The highest BCUT2D eigenvalue weighted by Gasteiger charge is 2.50. The summed E-state index contributed by atoms with van der Waals surface area (Å²) in [7, 11) is 3.12. The number of aromatic nitrogens is 1. The topological polar surface area (TPSA) is 51.7 Å². The summed E-state index contributed by atoms with van der Waals surface area (Å²) in [6.45, 7) is 1.43. The predicted molar refractivity (Wildman–Crippen MR) is 116 cm³/mol. The van der Waals surface area contributed by atoms with Gasteiger partial charge in [-0.2, -0.15) is 0 Å². The van der Waals surface area contributed by atoms with E-state index in [-0.39, 0.29) is 11.4 Å². The van der Waals surface area contributed by atoms with Gasteiger partial charge >= 0.3 is 5.97 Å². The molecule has 3 fully saturated rings. The van der Waals surface area contributed by atoms with Crippen molar-refractivity contribution in [2.24, 2.45) is 5.41 Å². The lowest BCUT2D eigenvalue weighted by Crippen LogP contribution is -2.56. The lowest BCUT2D eigenvalue weighted by molar-refractivity contribution is -0.163. The van der Waals surface area contributed by atoms with Gasteiger partial charge in [0.05, 0.1) is 30.4 Å². The third kappa shape index (κ3) is 3.78. The van der Waals surface area contributed by atoms with Crippen LogP contribution in [0.2, 0.25) is 5.02 Å². The molecule has 0 atom stereocenters. The largest absolute Gasteiger partial charge is 0.481 e. The third-order valence-electron chi connectivity index (χ3n) is 6.29. The average Bonchev–Trinajstić information content (AvgIpc) is 2.76. The number of halogens is 2. The van der Waals surface area contributed by atoms with Gasteiger partial charge < -0.3 is 9.47 Å². The molecule has 5 nitrogen and oxygen atoms in total. The van der Waals surface area contributed by atoms with Crippen molar-refractivity contribution >= 4 is 33.5 Å². The van der Waals surface area contributed by atoms with Gasteiger partial charge in [0.2, 0.25) is 5.88 Å². The van der Waals surface area contributed by atoms with E-state index >= 15 is 0 Å². The van der Waals surface area contributed by atoms with Crippen molar-refractivity contribution in [3.05, 3.63) is 45.4 Å². The number of hydrogen-bond donors (Lipinski definition) is 0. The van der Waals surface area contributed by atoms with Crippen LogP contribution in [0.25, 0.3) is 11.3 Å². The van der Waals surface area contributed by atoms with E-state index in [2.05, 4.69) is 20.8 Å². The second-order valence-electron chi connectivity index (χ2n) is 7.87. The van der Waals surface area contributed by atoms with Crippen molar-refractivity contribution < 1.29 is 14.3 Å². The van der Waals surface area contributed by atoms with E-state index in [9.17, 15) is 4.79 Å². The van der Waals surface area contributed by atoms with Gasteiger partial charge in [-0.3, -0.25) is 9.69 Å². The number of rotatable bonds is 5. The summed E-state index contributed by atoms with van der Waals surface area (Å²) in [5.41, 5.74) is 2.26. The van der Waals surface area contributed by atoms with Crippen LogP contribution in [0.5, 0.6) is 5.88 Å². The van der Waals surface area contributed by atoms with Crippen LogP contribution >= 0.6 is 27.5 Å². The summed E-state index contributed by atoms with van der Waals surface area (Å²) >= 11 is 9.91. The zero-order chi connectivity index (χ0) is 20.6. The van der Waals surface area contributed by atoms with Crippen molar-refractivity contribution in [2.45, 2.75) is 38.3 Å². The second kappa shape index (κ2) is 8.25. The Morgan fingerprint density at radius 3 is 2.72 bits per heavy atom. The molecule has 0 unspecified atom stereocenters. The first kappa shape index (κ1) is 20.6. The summed E-state index contributed by atoms with van der Waals surface area (Å²) in [5.74, 6) is 0.512. The Labute approximate surface area is 184 Å². The van der Waals surface area contributed by atoms with Crippen LogP contribution < -0.4 is 4.74 Å². The van der Waals surface area contributed by atoms with E-state index in [1.807, 2.05) is 30.3 Å². The highest BCUT2D eigenvalue weighted by atomic mass is 79.9. The molecule has 2 aromatic rings. The minimum atomic E-state index is -0.367. The Morgan fingerprint density at radius 2 is 2.03 bits per heavy atom. The standard InChI is InChI=1S/C22H24BrClN2O3/c1-28-20-14(6-7-18(25-20)16-4-3-5-17(23)19(16)24)12-26-13-22(21(27)29-2)10-8-15(26)9-11-22/h3-7,15H,8-13H2,1-2H3. The number of pyridine rings is 1. The SMILES string of the molecule is COC(=O)C12CCC(CC1)N(Cc1ccc(-c3cccc(Br)c3Cl)nc1OC)C2. The summed E-state index contributed by atoms with van der Waals surface area (Å²) in [4.78, 5) is 19.5. The Balaban J connectivity index is 1.60. The number of nitrogens with zero attached hydrogens (tertiary/aromatic N) is 2. The van der Waals surface area contributed by atoms with Gasteiger partial charge in [-0.25, -0.2) is 4.98 Å². The van der Waals surface area contributed by atoms with Crippen LogP contribution in [0, 0.1) is 5.41 Å². The van der Waals surface area contributed by atoms with Crippen molar-refractivity contribution in [2.75, 3.05) is 20.8 Å². The van der Waals surface area contributed by atoms with E-state index in [0.717, 1.165) is 53.5 Å². The minimum absolute atomic E-state index is 0.0783. The highest BCUT2D eigenvalue weighted by Crippen LogP contribution is 2.46. The molecule has 0 amide bonds. The molecule has 1 aliphatic carbocycles. The van der Waals surface area contributed by atoms with Crippen LogP contribution in [0.15, 0.2) is 34.8 Å². The van der Waals surface area contributed by atoms with Crippen molar-refractivity contribution in [1.29, 1.82) is 0 Å². The average molecular weight is 480 g/mol. The zero-order valence-corrected chi connectivity index (χ0v) is 18.9. The Hall–Kier alpha value is -1.63. The fraction of sp³-hybridized carbons (Fsp3) is 0.455. The Bertz CT molecular complexity index is 928. The molecule has 1 saturated carbocycles. The summed E-state index contributed by atoms with van der Waals surface area (Å²) in [6, 6.07) is 10.3. The quantitative estimate of drug-likeness (QED) is 0.559. The number of piperidine rings is 2. The van der Waals surface area contributed by atoms with E-state index in [0.29, 0.717) is 23.5 Å². The molecule has 29 heavy (non-hydrogen) atoms. The molecular formula is C22H24BrClN2O3. The molecule has 0 spiro atoms. The molecule has 2 saturated heterocycles. The maximum atomic E-state index is 12.4. The normalized spacial score (nSPS) is 23.8. The Kier molecular flexibility index (Phi) is 5.87. The molecular weight excluding hydrogens is 456 g/mol. The lowest BCUT2D eigenvalue weighted by Gasteiger charge is -2.51. The molecule has 7 heteroatoms. The molecule has 2 bridgehead atoms. The van der Waals surface area contributed by atoms with Crippen molar-refractivity contribution in [3.63, 3.8) is 0 Å². The van der Waals surface area contributed by atoms with Crippen LogP contribution in [0.3, 0.4) is 0 Å². The predicted octanol–water partition coefficient (Wildman–Crippen LogP) is 5.09. The van der Waals surface area contributed by atoms with Gasteiger partial charge in [-0.15, -0.1) is 0 Å². The number of carbonyl (C=O) groups is 1. The van der Waals surface area contributed by atoms with Gasteiger partial charge in [0.1, 0.15) is 0 Å². The summed E-state index contributed by atoms with van der Waals surface area (Å²) < 4.78 is 11.6. The lowest BCUT2D eigenvalue weighted by atomic mass is 9.67. The van der Waals surface area contributed by atoms with Crippen LogP contribution in [0.1, 0.15) is 31.2 Å². The van der Waals surface area contributed by atoms with Gasteiger partial charge in [0, 0.05) is 34.7 Å². The smallest absolute Gasteiger partial charge is 0.313 e. The number of ether oxygens (including phenoxy) is 2. The van der Waals surface area contributed by atoms with Gasteiger partial charge in [0.15, 0.2) is 0 Å². The number of fused-ring (bicyclic) bond motifs is 3. The fourth-order valence-electron chi connectivity index (χ4n) is 4.70. The molecule has 0 N–H and O–H groups in total. The number of benzene rings is 1. The van der Waals surface area contributed by atoms with E-state index in [4.69, 9.17) is 26.1 Å². The van der Waals surface area contributed by atoms with Crippen LogP contribution in [0.4, 0.5) is 0 Å². The second-order valence-corrected chi connectivity index (χ2v) is 9.11. The van der Waals surface area contributed by atoms with E-state index in [1.165, 1.54) is 7.11 Å². The van der Waals surface area contributed by atoms with Crippen LogP contribution in [-0.2, 0) is 16.1 Å². The van der Waals surface area contributed by atoms with Gasteiger partial charge in [0.25, 0.3) is 0 Å². The van der Waals surface area contributed by atoms with Crippen LogP contribution in [-0.4, -0.2) is 42.7 Å². The molecule has 2 aliphatic heterocycles. The summed E-state index contributed by atoms with van der Waals surface area (Å²) in [6.07, 6.45) is 3.88. The van der Waals surface area contributed by atoms with Gasteiger partial charge in [-0.05, 0) is 53.7 Å². The van der Waals surface area contributed by atoms with E-state index in [1.54, 1.807) is 7.11 Å². The number of esters is 1. The highest BCUT2D eigenvalue weighted by molar-refractivity contribution is 9.10. The molecule has 154 valence electrons. The van der Waals surface area contributed by atoms with Gasteiger partial charge in [-0.1, -0.05) is 29.8 Å². The van der Waals surface area contributed by atoms with Crippen molar-refractivity contribution in [1.82, 2.24) is 9.88 Å². The number of methoxy groups -OCH3 is 2.